The number of hydrogen-bond donors (Lipinski definition) is 1. The molecule has 0 unspecified atom stereocenters. The van der Waals surface area contributed by atoms with Crippen molar-refractivity contribution in [2.75, 3.05) is 7.05 Å². The minimum Gasteiger partial charge on any atom is -0.333 e. The average molecular weight is 174 g/mol. The fourth-order valence-corrected chi connectivity index (χ4v) is 0. The summed E-state index contributed by atoms with van der Waals surface area (Å²) in [6, 6.07) is 0. The van der Waals surface area contributed by atoms with Crippen molar-refractivity contribution in [1.82, 2.24) is 0 Å². The molecule has 1 nitrogen and oxygen atoms in total. The Morgan fingerprint density at radius 1 is 1.25 bits per heavy atom. The van der Waals surface area contributed by atoms with Crippen LogP contribution in [0.1, 0.15) is 0 Å². The molecule has 0 saturated carbocycles. The van der Waals surface area contributed by atoms with Crippen LogP contribution in [-0.2, 0) is 20.4 Å². The Morgan fingerprint density at radius 3 is 1.25 bits per heavy atom. The maximum absolute atomic E-state index is 4.50. The molecule has 0 aromatic heterocycles. The van der Waals surface area contributed by atoms with E-state index in [9.17, 15) is 0 Å². The number of hydrogen-bond acceptors (Lipinski definition) is 1. The summed E-state index contributed by atoms with van der Waals surface area (Å²) in [7, 11) is 1.50. The maximum Gasteiger partial charge on any atom is 0 e. The summed E-state index contributed by atoms with van der Waals surface area (Å²) in [4.78, 5) is 0. The van der Waals surface area contributed by atoms with Gasteiger partial charge in [0.25, 0.3) is 0 Å². The Labute approximate surface area is 46.0 Å². The molecule has 0 radical (unpaired) electrons. The Kier molecular flexibility index (Phi) is 205. The van der Waals surface area contributed by atoms with Crippen LogP contribution in [-0.4, -0.2) is 7.05 Å². The van der Waals surface area contributed by atoms with Gasteiger partial charge in [-0.25, -0.2) is 0 Å². The molecular weight excluding hydrogens is 168 g/mol. The summed E-state index contributed by atoms with van der Waals surface area (Å²) in [6.07, 6.45) is 0. The number of nitrogens with two attached hydrogens (primary N) is 1. The molecule has 2 N–H and O–H groups in total. The fraction of sp³-hybridized carbons (Fsp3) is 1.00. The van der Waals surface area contributed by atoms with Gasteiger partial charge in [-0.15, -0.1) is 12.4 Å². The van der Waals surface area contributed by atoms with E-state index in [1.54, 1.807) is 0 Å². The van der Waals surface area contributed by atoms with Crippen LogP contribution in [0, 0.1) is 0 Å². The molecule has 0 atom stereocenters. The Balaban J connectivity index is -0.00000000500. The van der Waals surface area contributed by atoms with Crippen molar-refractivity contribution in [3.63, 3.8) is 0 Å². The maximum atomic E-state index is 4.50. The predicted molar refractivity (Wildman–Crippen MR) is 17.4 cm³/mol. The standard InChI is InChI=1S/CH5N.ClH.Pd/c1-2;;/h2H2,1H3;1H;. The van der Waals surface area contributed by atoms with Gasteiger partial charge in [0.2, 0.25) is 0 Å². The number of rotatable bonds is 0. The van der Waals surface area contributed by atoms with E-state index >= 15 is 0 Å². The van der Waals surface area contributed by atoms with Crippen molar-refractivity contribution >= 4 is 12.4 Å². The van der Waals surface area contributed by atoms with Gasteiger partial charge in [-0.1, -0.05) is 0 Å². The first-order valence-electron chi connectivity index (χ1n) is 0.577. The quantitative estimate of drug-likeness (QED) is 0.513. The van der Waals surface area contributed by atoms with Gasteiger partial charge < -0.3 is 5.73 Å². The van der Waals surface area contributed by atoms with Gasteiger partial charge in [-0.05, 0) is 7.05 Å². The van der Waals surface area contributed by atoms with Crippen LogP contribution in [0.5, 0.6) is 0 Å². The van der Waals surface area contributed by atoms with E-state index in [-0.39, 0.29) is 32.8 Å². The molecule has 0 aliphatic heterocycles. The molecule has 0 heterocycles. The molecule has 0 bridgehead atoms. The van der Waals surface area contributed by atoms with Gasteiger partial charge in [-0.2, -0.15) is 0 Å². The van der Waals surface area contributed by atoms with Crippen molar-refractivity contribution in [2.45, 2.75) is 0 Å². The van der Waals surface area contributed by atoms with Gasteiger partial charge >= 0.3 is 0 Å². The molecule has 0 saturated heterocycles. The fourth-order valence-electron chi connectivity index (χ4n) is 0. The van der Waals surface area contributed by atoms with Crippen LogP contribution in [0.4, 0.5) is 0 Å². The summed E-state index contributed by atoms with van der Waals surface area (Å²) in [5, 5.41) is 0. The second-order valence-electron chi connectivity index (χ2n) is 0. The van der Waals surface area contributed by atoms with Crippen molar-refractivity contribution in [2.24, 2.45) is 5.73 Å². The summed E-state index contributed by atoms with van der Waals surface area (Å²) in [6.45, 7) is 0. The van der Waals surface area contributed by atoms with Crippen molar-refractivity contribution < 1.29 is 20.4 Å². The van der Waals surface area contributed by atoms with Crippen molar-refractivity contribution in [3.8, 4) is 0 Å². The minimum absolute atomic E-state index is 0. The van der Waals surface area contributed by atoms with Gasteiger partial charge in [0.05, 0.1) is 0 Å². The molecule has 0 aliphatic carbocycles. The molecule has 32 valence electrons. The van der Waals surface area contributed by atoms with Crippen LogP contribution in [0.2, 0.25) is 0 Å². The molecule has 0 aliphatic rings. The SMILES string of the molecule is CN.Cl.[Pd]. The summed E-state index contributed by atoms with van der Waals surface area (Å²) in [5.74, 6) is 0. The van der Waals surface area contributed by atoms with Crippen LogP contribution in [0.3, 0.4) is 0 Å². The van der Waals surface area contributed by atoms with E-state index in [0.717, 1.165) is 0 Å². The Hall–Kier alpha value is 0.912. The number of halogens is 1. The summed E-state index contributed by atoms with van der Waals surface area (Å²) in [5.41, 5.74) is 4.50. The van der Waals surface area contributed by atoms with Crippen molar-refractivity contribution in [1.29, 1.82) is 0 Å². The molecule has 0 fully saturated rings. The zero-order chi connectivity index (χ0) is 2.00. The van der Waals surface area contributed by atoms with Gasteiger partial charge in [0.1, 0.15) is 0 Å². The second-order valence-corrected chi connectivity index (χ2v) is 0. The first kappa shape index (κ1) is 20.6. The monoisotopic (exact) mass is 173 g/mol. The topological polar surface area (TPSA) is 26.0 Å². The van der Waals surface area contributed by atoms with Crippen molar-refractivity contribution in [3.05, 3.63) is 0 Å². The molecule has 0 amide bonds. The van der Waals surface area contributed by atoms with E-state index in [2.05, 4.69) is 5.73 Å². The van der Waals surface area contributed by atoms with Crippen LogP contribution < -0.4 is 5.73 Å². The summed E-state index contributed by atoms with van der Waals surface area (Å²) >= 11 is 0. The largest absolute Gasteiger partial charge is 0.333 e. The van der Waals surface area contributed by atoms with Crippen LogP contribution in [0.25, 0.3) is 0 Å². The normalized spacial score (nSPS) is 1.50. The molecule has 0 aromatic carbocycles. The van der Waals surface area contributed by atoms with E-state index in [0.29, 0.717) is 0 Å². The van der Waals surface area contributed by atoms with Crippen LogP contribution >= 0.6 is 12.4 Å². The molecule has 0 rings (SSSR count). The van der Waals surface area contributed by atoms with Crippen LogP contribution in [0.15, 0.2) is 0 Å². The smallest absolute Gasteiger partial charge is 0 e. The third kappa shape index (κ3) is 12.8. The van der Waals surface area contributed by atoms with E-state index < -0.39 is 0 Å². The Bertz CT molecular complexity index is 8.00. The third-order valence-corrected chi connectivity index (χ3v) is 0. The minimum atomic E-state index is 0. The third-order valence-electron chi connectivity index (χ3n) is 0. The van der Waals surface area contributed by atoms with E-state index in [4.69, 9.17) is 0 Å². The van der Waals surface area contributed by atoms with Gasteiger partial charge in [0, 0.05) is 20.4 Å². The average Bonchev–Trinajstić information content (AvgIpc) is 1.00. The first-order chi connectivity index (χ1) is 1.00. The zero-order valence-corrected chi connectivity index (χ0v) is 4.67. The van der Waals surface area contributed by atoms with E-state index in [1.807, 2.05) is 0 Å². The predicted octanol–water partition coefficient (Wildman–Crippen LogP) is -0.00580. The first-order valence-corrected chi connectivity index (χ1v) is 0.577. The summed E-state index contributed by atoms with van der Waals surface area (Å²) < 4.78 is 0. The molecule has 3 heteroatoms. The molecule has 0 spiro atoms. The molecular formula is CH6ClNPd. The van der Waals surface area contributed by atoms with Gasteiger partial charge in [-0.3, -0.25) is 0 Å². The van der Waals surface area contributed by atoms with Gasteiger partial charge in [0.15, 0.2) is 0 Å². The second kappa shape index (κ2) is 39.9. The zero-order valence-electron chi connectivity index (χ0n) is 2.30. The molecule has 0 aromatic rings. The van der Waals surface area contributed by atoms with E-state index in [1.165, 1.54) is 7.05 Å². The molecule has 4 heavy (non-hydrogen) atoms. The Morgan fingerprint density at radius 2 is 1.25 bits per heavy atom.